The number of aromatic nitrogens is 4. The van der Waals surface area contributed by atoms with E-state index in [1.54, 1.807) is 0 Å². The number of pyridine rings is 4. The van der Waals surface area contributed by atoms with E-state index in [0.29, 0.717) is 0 Å². The van der Waals surface area contributed by atoms with Gasteiger partial charge in [-0.25, -0.2) is 18.3 Å². The van der Waals surface area contributed by atoms with Crippen molar-refractivity contribution in [2.24, 2.45) is 28.2 Å². The van der Waals surface area contributed by atoms with Gasteiger partial charge in [0.05, 0.1) is 56.5 Å². The normalized spacial score (nSPS) is 11.7. The highest BCUT2D eigenvalue weighted by atomic mass is 32.2. The van der Waals surface area contributed by atoms with Gasteiger partial charge in [0, 0.05) is 94.9 Å². The van der Waals surface area contributed by atoms with E-state index in [-0.39, 0.29) is 0 Å². The van der Waals surface area contributed by atoms with E-state index >= 15 is 0 Å². The molecule has 0 aliphatic rings. The van der Waals surface area contributed by atoms with Crippen molar-refractivity contribution in [2.45, 2.75) is 34.6 Å². The molecule has 0 saturated carbocycles. The van der Waals surface area contributed by atoms with E-state index in [1.807, 2.05) is 99.9 Å². The second-order valence-corrected chi connectivity index (χ2v) is 31.6. The van der Waals surface area contributed by atoms with Gasteiger partial charge in [0.1, 0.15) is 50.5 Å². The zero-order valence-corrected chi connectivity index (χ0v) is 61.6. The minimum absolute atomic E-state index is 0.819. The van der Waals surface area contributed by atoms with Crippen LogP contribution >= 0.6 is 45.3 Å². The maximum absolute atomic E-state index is 6.27. The molecule has 0 saturated heterocycles. The summed E-state index contributed by atoms with van der Waals surface area (Å²) in [4.78, 5) is 0. The van der Waals surface area contributed by atoms with Gasteiger partial charge in [0.2, 0.25) is 22.8 Å². The molecule has 0 aliphatic carbocycles. The molecule has 21 rings (SSSR count). The predicted octanol–water partition coefficient (Wildman–Crippen LogP) is 24.4. The molecule has 0 amide bonds. The lowest BCUT2D eigenvalue weighted by Crippen LogP contribution is -2.30. The number of para-hydroxylation sites is 2. The van der Waals surface area contributed by atoms with Crippen LogP contribution in [-0.4, -0.2) is 0 Å². The molecule has 498 valence electrons. The Hall–Kier alpha value is -11.4. The van der Waals surface area contributed by atoms with Crippen molar-refractivity contribution in [3.63, 3.8) is 0 Å². The number of hydrogen-bond acceptors (Lipinski definition) is 8. The molecule has 0 atom stereocenters. The van der Waals surface area contributed by atoms with Crippen LogP contribution in [-0.2, 0) is 28.2 Å². The van der Waals surface area contributed by atoms with Gasteiger partial charge >= 0.3 is 0 Å². The van der Waals surface area contributed by atoms with Crippen molar-refractivity contribution in [1.82, 2.24) is 0 Å². The number of rotatable bonds is 5. The smallest absolute Gasteiger partial charge is 0.213 e. The molecule has 0 unspecified atom stereocenters. The minimum Gasteiger partial charge on any atom is -0.452 e. The number of aryl methyl sites for hydroxylation is 9. The van der Waals surface area contributed by atoms with Crippen LogP contribution in [0.1, 0.15) is 27.8 Å². The van der Waals surface area contributed by atoms with E-state index in [2.05, 4.69) is 288 Å². The lowest BCUT2D eigenvalue weighted by atomic mass is 9.99. The maximum Gasteiger partial charge on any atom is 0.213 e. The Balaban J connectivity index is 0.0000000985. The highest BCUT2D eigenvalue weighted by Gasteiger charge is 2.25. The Morgan fingerprint density at radius 3 is 1.31 bits per heavy atom. The Morgan fingerprint density at radius 1 is 0.272 bits per heavy atom. The van der Waals surface area contributed by atoms with Gasteiger partial charge in [-0.15, -0.1) is 45.3 Å². The minimum atomic E-state index is 0.819. The molecule has 0 radical (unpaired) electrons. The zero-order valence-electron chi connectivity index (χ0n) is 58.4. The van der Waals surface area contributed by atoms with Gasteiger partial charge in [-0.2, -0.15) is 0 Å². The lowest BCUT2D eigenvalue weighted by Gasteiger charge is -2.07. The Labute approximate surface area is 610 Å². The second kappa shape index (κ2) is 25.6. The summed E-state index contributed by atoms with van der Waals surface area (Å²) in [6.45, 7) is 10.8. The maximum atomic E-state index is 6.27. The van der Waals surface area contributed by atoms with Crippen LogP contribution in [0.3, 0.4) is 0 Å². The Kier molecular flexibility index (Phi) is 15.8. The number of nitrogens with zero attached hydrogens (tertiary/aromatic N) is 4. The van der Waals surface area contributed by atoms with Gasteiger partial charge < -0.3 is 17.7 Å². The van der Waals surface area contributed by atoms with Crippen molar-refractivity contribution >= 4 is 171 Å². The fourth-order valence-corrected chi connectivity index (χ4v) is 20.3. The largest absolute Gasteiger partial charge is 0.452 e. The predicted molar refractivity (Wildman–Crippen MR) is 432 cm³/mol. The van der Waals surface area contributed by atoms with Crippen molar-refractivity contribution < 1.29 is 35.9 Å². The Morgan fingerprint density at radius 2 is 0.718 bits per heavy atom. The lowest BCUT2D eigenvalue weighted by molar-refractivity contribution is -0.660. The quantitative estimate of drug-likeness (QED) is 0.161. The third kappa shape index (κ3) is 11.1. The monoisotopic (exact) mass is 1410 g/mol. The van der Waals surface area contributed by atoms with Crippen LogP contribution < -0.4 is 18.3 Å². The molecule has 0 aliphatic heterocycles. The fourth-order valence-electron chi connectivity index (χ4n) is 14.9. The van der Waals surface area contributed by atoms with Crippen LogP contribution in [0, 0.1) is 34.6 Å². The summed E-state index contributed by atoms with van der Waals surface area (Å²) >= 11 is 7.68. The molecule has 0 bridgehead atoms. The molecule has 12 aromatic heterocycles. The highest BCUT2D eigenvalue weighted by Crippen LogP contribution is 2.49. The van der Waals surface area contributed by atoms with Gasteiger partial charge in [-0.05, 0) is 158 Å². The van der Waals surface area contributed by atoms with Gasteiger partial charge in [0.25, 0.3) is 0 Å². The van der Waals surface area contributed by atoms with Crippen molar-refractivity contribution in [3.8, 4) is 56.2 Å². The summed E-state index contributed by atoms with van der Waals surface area (Å²) in [7, 11) is 8.38. The molecular formula is C91H70N4O4S4+4. The average molecular weight is 1410 g/mol. The molecule has 0 spiro atoms. The first-order chi connectivity index (χ1) is 50.3. The molecule has 21 aromatic rings. The number of furan rings is 4. The van der Waals surface area contributed by atoms with E-state index < -0.39 is 0 Å². The first-order valence-electron chi connectivity index (χ1n) is 34.6. The standard InChI is InChI=1S/C27H20NO2.C22H18NO2.2C21H16NS2/c1-17-14-22-25(30-26-20-10-6-7-11-24(20)29-27(22)26)16-21(17)23-15-19(12-13-28(23)2)18-8-4-3-5-9-18;1-13-8-9-23(3)18(10-13)16-12-20-17(11-14(16)2)22-21(25-20)15-6-4-5-7-19(15)24-22;1-13-10-11-15-19-14-7-3-4-9-17(14)23-21(19)24-20(15)18(13)16-8-5-6-12-22(16)2;1-13-11-16-19(12-15(13)17-8-5-6-10-22(17)2)24-21-20(16)14-7-3-4-9-18(14)23-21/h3-16H,1-2H3;4-12H,1-3H3;2*3-12H,1-2H3/q4*+1. The second-order valence-electron chi connectivity index (χ2n) is 26.9. The topological polar surface area (TPSA) is 68.1 Å². The third-order valence-electron chi connectivity index (χ3n) is 20.2. The van der Waals surface area contributed by atoms with Crippen LogP contribution in [0.2, 0.25) is 0 Å². The van der Waals surface area contributed by atoms with Gasteiger partial charge in [-0.1, -0.05) is 103 Å². The van der Waals surface area contributed by atoms with Crippen LogP contribution in [0.25, 0.3) is 182 Å². The zero-order chi connectivity index (χ0) is 69.9. The summed E-state index contributed by atoms with van der Waals surface area (Å²) in [5.74, 6) is 0. The SMILES string of the molecule is Cc1cc2c(cc1-c1cc(-c3ccccc3)cc[n+]1C)oc1c3ccccc3oc21.Cc1cc2c(cc1-c1cccc[n+]1C)sc1sc3ccccc3c12.Cc1cc[n+](C)c(-c2cc3oc4c5ccccc5oc4c3cc2C)c1.Cc1ccc2c(sc3sc4ccccc4c32)c1-c1cccc[n+]1C. The number of benzene rings is 9. The van der Waals surface area contributed by atoms with Crippen LogP contribution in [0.15, 0.2) is 279 Å². The molecule has 12 heterocycles. The number of fused-ring (bicyclic) bond motifs is 20. The fraction of sp³-hybridized carbons (Fsp3) is 0.0989. The summed E-state index contributed by atoms with van der Waals surface area (Å²) in [5, 5.41) is 12.5. The van der Waals surface area contributed by atoms with E-state index in [9.17, 15) is 0 Å². The third-order valence-corrected chi connectivity index (χ3v) is 25.1. The first-order valence-corrected chi connectivity index (χ1v) is 37.8. The van der Waals surface area contributed by atoms with E-state index in [1.165, 1.54) is 132 Å². The van der Waals surface area contributed by atoms with E-state index in [4.69, 9.17) is 17.7 Å². The molecule has 12 heteroatoms. The Bertz CT molecular complexity index is 6950. The molecule has 0 N–H and O–H groups in total. The van der Waals surface area contributed by atoms with Crippen LogP contribution in [0.4, 0.5) is 0 Å². The summed E-state index contributed by atoms with van der Waals surface area (Å²) in [6, 6.07) is 83.4. The molecule has 8 nitrogen and oxygen atoms in total. The molecule has 9 aromatic carbocycles. The van der Waals surface area contributed by atoms with Crippen molar-refractivity contribution in [3.05, 3.63) is 289 Å². The van der Waals surface area contributed by atoms with Gasteiger partial charge in [-0.3, -0.25) is 0 Å². The summed E-state index contributed by atoms with van der Waals surface area (Å²) in [6.07, 6.45) is 8.44. The molecular weight excluding hydrogens is 1340 g/mol. The van der Waals surface area contributed by atoms with Crippen molar-refractivity contribution in [2.75, 3.05) is 0 Å². The number of hydrogen-bond donors (Lipinski definition) is 0. The number of thiophene rings is 4. The van der Waals surface area contributed by atoms with Gasteiger partial charge in [0.15, 0.2) is 47.1 Å². The highest BCUT2D eigenvalue weighted by molar-refractivity contribution is 7.45. The average Bonchev–Trinajstić information content (AvgIpc) is 1.64. The molecule has 0 fully saturated rings. The van der Waals surface area contributed by atoms with Crippen LogP contribution in [0.5, 0.6) is 0 Å². The summed E-state index contributed by atoms with van der Waals surface area (Å²) < 4.78 is 41.7. The first kappa shape index (κ1) is 63.8. The summed E-state index contributed by atoms with van der Waals surface area (Å²) in [5.41, 5.74) is 25.3. The van der Waals surface area contributed by atoms with E-state index in [0.717, 1.165) is 77.5 Å². The van der Waals surface area contributed by atoms with Crippen molar-refractivity contribution in [1.29, 1.82) is 0 Å². The molecule has 103 heavy (non-hydrogen) atoms.